The lowest BCUT2D eigenvalue weighted by atomic mass is 9.94. The zero-order valence-corrected chi connectivity index (χ0v) is 11.4. The van der Waals surface area contributed by atoms with Crippen molar-refractivity contribution < 1.29 is 9.13 Å². The van der Waals surface area contributed by atoms with E-state index in [-0.39, 0.29) is 11.4 Å². The summed E-state index contributed by atoms with van der Waals surface area (Å²) in [6, 6.07) is 5.89. The molecular formula is C15H22FNO. The number of aryl methyl sites for hydroxylation is 1. The zero-order chi connectivity index (χ0) is 13.2. The largest absolute Gasteiger partial charge is 0.375 e. The SMILES string of the molecule is Cc1ccc(CNC2CCOC(C)(C)C2)cc1F. The number of nitrogens with one attached hydrogen (secondary N) is 1. The first-order chi connectivity index (χ1) is 8.46. The van der Waals surface area contributed by atoms with E-state index in [9.17, 15) is 4.39 Å². The molecule has 0 bridgehead atoms. The van der Waals surface area contributed by atoms with Crippen LogP contribution < -0.4 is 5.32 Å². The van der Waals surface area contributed by atoms with Gasteiger partial charge in [-0.05, 0) is 50.8 Å². The summed E-state index contributed by atoms with van der Waals surface area (Å²) < 4.78 is 19.1. The fourth-order valence-electron chi connectivity index (χ4n) is 2.41. The molecule has 3 heteroatoms. The van der Waals surface area contributed by atoms with Crippen LogP contribution in [0.1, 0.15) is 37.8 Å². The highest BCUT2D eigenvalue weighted by molar-refractivity contribution is 5.23. The maximum atomic E-state index is 13.4. The molecule has 1 unspecified atom stereocenters. The monoisotopic (exact) mass is 251 g/mol. The normalized spacial score (nSPS) is 23.0. The Kier molecular flexibility index (Phi) is 4.03. The lowest BCUT2D eigenvalue weighted by Gasteiger charge is -2.36. The van der Waals surface area contributed by atoms with Crippen LogP contribution in [0.3, 0.4) is 0 Å². The van der Waals surface area contributed by atoms with Crippen molar-refractivity contribution in [2.75, 3.05) is 6.61 Å². The Bertz CT molecular complexity index is 417. The molecule has 1 aromatic carbocycles. The van der Waals surface area contributed by atoms with Gasteiger partial charge in [0.2, 0.25) is 0 Å². The van der Waals surface area contributed by atoms with Crippen LogP contribution in [0.15, 0.2) is 18.2 Å². The topological polar surface area (TPSA) is 21.3 Å². The van der Waals surface area contributed by atoms with E-state index >= 15 is 0 Å². The minimum atomic E-state index is -0.124. The summed E-state index contributed by atoms with van der Waals surface area (Å²) in [5.74, 6) is -0.124. The van der Waals surface area contributed by atoms with E-state index in [1.807, 2.05) is 12.1 Å². The molecule has 100 valence electrons. The molecule has 1 N–H and O–H groups in total. The van der Waals surface area contributed by atoms with Crippen LogP contribution >= 0.6 is 0 Å². The van der Waals surface area contributed by atoms with Crippen LogP contribution in [0.25, 0.3) is 0 Å². The molecule has 2 nitrogen and oxygen atoms in total. The summed E-state index contributed by atoms with van der Waals surface area (Å²) in [5.41, 5.74) is 1.65. The number of halogens is 1. The predicted octanol–water partition coefficient (Wildman–Crippen LogP) is 3.18. The fourth-order valence-corrected chi connectivity index (χ4v) is 2.41. The zero-order valence-electron chi connectivity index (χ0n) is 11.4. The molecule has 18 heavy (non-hydrogen) atoms. The van der Waals surface area contributed by atoms with Gasteiger partial charge < -0.3 is 10.1 Å². The Morgan fingerprint density at radius 2 is 2.22 bits per heavy atom. The molecule has 2 rings (SSSR count). The van der Waals surface area contributed by atoms with Crippen molar-refractivity contribution >= 4 is 0 Å². The van der Waals surface area contributed by atoms with E-state index < -0.39 is 0 Å². The van der Waals surface area contributed by atoms with E-state index in [2.05, 4.69) is 19.2 Å². The molecule has 1 aliphatic rings. The van der Waals surface area contributed by atoms with Gasteiger partial charge >= 0.3 is 0 Å². The second-order valence-corrected chi connectivity index (χ2v) is 5.76. The minimum Gasteiger partial charge on any atom is -0.375 e. The van der Waals surface area contributed by atoms with Crippen LogP contribution in [0.4, 0.5) is 4.39 Å². The molecule has 1 aliphatic heterocycles. The van der Waals surface area contributed by atoms with Crippen LogP contribution in [0.5, 0.6) is 0 Å². The molecule has 1 saturated heterocycles. The van der Waals surface area contributed by atoms with Gasteiger partial charge in [0.15, 0.2) is 0 Å². The van der Waals surface area contributed by atoms with Crippen molar-refractivity contribution in [2.45, 2.75) is 51.8 Å². The highest BCUT2D eigenvalue weighted by Gasteiger charge is 2.28. The summed E-state index contributed by atoms with van der Waals surface area (Å²) in [7, 11) is 0. The molecule has 0 saturated carbocycles. The summed E-state index contributed by atoms with van der Waals surface area (Å²) in [4.78, 5) is 0. The Morgan fingerprint density at radius 1 is 1.44 bits per heavy atom. The lowest BCUT2D eigenvalue weighted by molar-refractivity contribution is -0.0630. The maximum Gasteiger partial charge on any atom is 0.126 e. The number of ether oxygens (including phenoxy) is 1. The first-order valence-electron chi connectivity index (χ1n) is 6.59. The van der Waals surface area contributed by atoms with E-state index in [0.29, 0.717) is 11.6 Å². The maximum absolute atomic E-state index is 13.4. The highest BCUT2D eigenvalue weighted by Crippen LogP contribution is 2.24. The van der Waals surface area contributed by atoms with E-state index in [4.69, 9.17) is 4.74 Å². The first-order valence-corrected chi connectivity index (χ1v) is 6.59. The summed E-state index contributed by atoms with van der Waals surface area (Å²) in [5, 5.41) is 3.49. The summed E-state index contributed by atoms with van der Waals surface area (Å²) in [6.45, 7) is 7.54. The van der Waals surface area contributed by atoms with Crippen molar-refractivity contribution in [1.29, 1.82) is 0 Å². The van der Waals surface area contributed by atoms with Gasteiger partial charge in [0.05, 0.1) is 5.60 Å². The Labute approximate surface area is 109 Å². The van der Waals surface area contributed by atoms with Crippen molar-refractivity contribution in [3.63, 3.8) is 0 Å². The summed E-state index contributed by atoms with van der Waals surface area (Å²) >= 11 is 0. The number of rotatable bonds is 3. The number of hydrogen-bond donors (Lipinski definition) is 1. The van der Waals surface area contributed by atoms with Gasteiger partial charge in [-0.3, -0.25) is 0 Å². The molecule has 1 heterocycles. The van der Waals surface area contributed by atoms with Crippen molar-refractivity contribution in [3.05, 3.63) is 35.1 Å². The van der Waals surface area contributed by atoms with Crippen LogP contribution in [-0.2, 0) is 11.3 Å². The van der Waals surface area contributed by atoms with E-state index in [0.717, 1.165) is 31.6 Å². The Hall–Kier alpha value is -0.930. The molecule has 0 aliphatic carbocycles. The molecule has 0 aromatic heterocycles. The third kappa shape index (κ3) is 3.53. The molecule has 1 aromatic rings. The van der Waals surface area contributed by atoms with Crippen molar-refractivity contribution in [1.82, 2.24) is 5.32 Å². The van der Waals surface area contributed by atoms with Crippen LogP contribution in [-0.4, -0.2) is 18.2 Å². The Morgan fingerprint density at radius 3 is 2.89 bits per heavy atom. The van der Waals surface area contributed by atoms with Crippen LogP contribution in [0, 0.1) is 12.7 Å². The quantitative estimate of drug-likeness (QED) is 0.891. The second-order valence-electron chi connectivity index (χ2n) is 5.76. The average Bonchev–Trinajstić information content (AvgIpc) is 2.29. The number of hydrogen-bond acceptors (Lipinski definition) is 2. The van der Waals surface area contributed by atoms with Gasteiger partial charge in [-0.15, -0.1) is 0 Å². The van der Waals surface area contributed by atoms with E-state index in [1.54, 1.807) is 13.0 Å². The predicted molar refractivity (Wildman–Crippen MR) is 71.0 cm³/mol. The van der Waals surface area contributed by atoms with Gasteiger partial charge in [0.25, 0.3) is 0 Å². The summed E-state index contributed by atoms with van der Waals surface area (Å²) in [6.07, 6.45) is 2.03. The second kappa shape index (κ2) is 5.37. The van der Waals surface area contributed by atoms with Gasteiger partial charge in [-0.25, -0.2) is 4.39 Å². The third-order valence-corrected chi connectivity index (χ3v) is 3.53. The fraction of sp³-hybridized carbons (Fsp3) is 0.600. The highest BCUT2D eigenvalue weighted by atomic mass is 19.1. The smallest absolute Gasteiger partial charge is 0.126 e. The average molecular weight is 251 g/mol. The van der Waals surface area contributed by atoms with Gasteiger partial charge in [-0.1, -0.05) is 12.1 Å². The molecule has 1 fully saturated rings. The molecule has 0 amide bonds. The standard InChI is InChI=1S/C15H22FNO/c1-11-4-5-12(8-14(11)16)10-17-13-6-7-18-15(2,3)9-13/h4-5,8,13,17H,6-7,9-10H2,1-3H3. The lowest BCUT2D eigenvalue weighted by Crippen LogP contribution is -2.43. The van der Waals surface area contributed by atoms with Gasteiger partial charge in [-0.2, -0.15) is 0 Å². The van der Waals surface area contributed by atoms with Crippen molar-refractivity contribution in [2.24, 2.45) is 0 Å². The molecule has 0 radical (unpaired) electrons. The minimum absolute atomic E-state index is 0.0472. The van der Waals surface area contributed by atoms with Crippen LogP contribution in [0.2, 0.25) is 0 Å². The van der Waals surface area contributed by atoms with Gasteiger partial charge in [0.1, 0.15) is 5.82 Å². The first kappa shape index (κ1) is 13.5. The van der Waals surface area contributed by atoms with Crippen molar-refractivity contribution in [3.8, 4) is 0 Å². The number of benzene rings is 1. The van der Waals surface area contributed by atoms with Gasteiger partial charge in [0, 0.05) is 19.2 Å². The Balaban J connectivity index is 1.89. The van der Waals surface area contributed by atoms with E-state index in [1.165, 1.54) is 0 Å². The molecule has 0 spiro atoms. The molecular weight excluding hydrogens is 229 g/mol. The molecule has 1 atom stereocenters. The third-order valence-electron chi connectivity index (χ3n) is 3.53.